The second kappa shape index (κ2) is 7.00. The molecule has 0 bridgehead atoms. The Kier molecular flexibility index (Phi) is 5.54. The van der Waals surface area contributed by atoms with E-state index in [0.29, 0.717) is 17.2 Å². The maximum Gasteiger partial charge on any atom is 0.164 e. The number of thiophene rings is 1. The lowest BCUT2D eigenvalue weighted by atomic mass is 10.0. The van der Waals surface area contributed by atoms with Gasteiger partial charge in [-0.3, -0.25) is 0 Å². The second-order valence-corrected chi connectivity index (χ2v) is 7.96. The molecule has 1 atom stereocenters. The Balaban J connectivity index is 2.53. The number of halogens is 2. The molecule has 1 aromatic carbocycles. The van der Waals surface area contributed by atoms with Crippen LogP contribution in [0.3, 0.4) is 0 Å². The largest absolute Gasteiger partial charge is 0.496 e. The molecule has 2 N–H and O–H groups in total. The van der Waals surface area contributed by atoms with Gasteiger partial charge in [0.1, 0.15) is 5.75 Å². The van der Waals surface area contributed by atoms with E-state index in [9.17, 15) is 0 Å². The van der Waals surface area contributed by atoms with Crippen molar-refractivity contribution in [2.24, 2.45) is 5.73 Å². The third kappa shape index (κ3) is 3.36. The average molecular weight is 437 g/mol. The number of nitrogens with two attached hydrogens (primary N) is 1. The molecule has 0 spiro atoms. The van der Waals surface area contributed by atoms with E-state index in [1.165, 1.54) is 0 Å². The van der Waals surface area contributed by atoms with E-state index in [4.69, 9.17) is 19.9 Å². The van der Waals surface area contributed by atoms with Crippen LogP contribution in [0.1, 0.15) is 17.2 Å². The highest BCUT2D eigenvalue weighted by Gasteiger charge is 2.21. The van der Waals surface area contributed by atoms with Gasteiger partial charge in [-0.2, -0.15) is 0 Å². The van der Waals surface area contributed by atoms with Crippen LogP contribution >= 0.6 is 43.2 Å². The van der Waals surface area contributed by atoms with Crippen molar-refractivity contribution in [1.29, 1.82) is 0 Å². The lowest BCUT2D eigenvalue weighted by molar-refractivity contribution is 0.347. The van der Waals surface area contributed by atoms with Crippen molar-refractivity contribution in [3.63, 3.8) is 0 Å². The number of benzene rings is 1. The van der Waals surface area contributed by atoms with E-state index in [1.807, 2.05) is 12.1 Å². The Labute approximate surface area is 144 Å². The molecule has 21 heavy (non-hydrogen) atoms. The second-order valence-electron chi connectivity index (χ2n) is 4.21. The molecule has 0 saturated heterocycles. The molecule has 1 heterocycles. The van der Waals surface area contributed by atoms with Gasteiger partial charge >= 0.3 is 0 Å². The van der Waals surface area contributed by atoms with Gasteiger partial charge in [0.2, 0.25) is 0 Å². The van der Waals surface area contributed by atoms with Gasteiger partial charge in [-0.25, -0.2) is 0 Å². The average Bonchev–Trinajstić information content (AvgIpc) is 2.83. The minimum absolute atomic E-state index is 0.336. The third-order valence-electron chi connectivity index (χ3n) is 3.09. The van der Waals surface area contributed by atoms with Crippen LogP contribution in [0.4, 0.5) is 0 Å². The minimum atomic E-state index is -0.336. The maximum atomic E-state index is 6.40. The van der Waals surface area contributed by atoms with Crippen LogP contribution in [-0.4, -0.2) is 21.3 Å². The van der Waals surface area contributed by atoms with Crippen LogP contribution in [0.2, 0.25) is 0 Å². The molecule has 4 nitrogen and oxygen atoms in total. The van der Waals surface area contributed by atoms with Gasteiger partial charge in [0, 0.05) is 11.6 Å². The van der Waals surface area contributed by atoms with Crippen LogP contribution in [0.15, 0.2) is 25.8 Å². The third-order valence-corrected chi connectivity index (χ3v) is 5.47. The van der Waals surface area contributed by atoms with Crippen LogP contribution in [-0.2, 0) is 0 Å². The zero-order valence-electron chi connectivity index (χ0n) is 11.8. The summed E-state index contributed by atoms with van der Waals surface area (Å²) >= 11 is 8.58. The molecular weight excluding hydrogens is 422 g/mol. The van der Waals surface area contributed by atoms with Gasteiger partial charge in [-0.05, 0) is 49.6 Å². The Morgan fingerprint density at radius 3 is 1.95 bits per heavy atom. The number of hydrogen-bond acceptors (Lipinski definition) is 5. The molecule has 0 aliphatic rings. The Morgan fingerprint density at radius 2 is 1.48 bits per heavy atom. The van der Waals surface area contributed by atoms with E-state index in [2.05, 4.69) is 31.9 Å². The fraction of sp³-hybridized carbons (Fsp3) is 0.286. The molecule has 0 amide bonds. The van der Waals surface area contributed by atoms with Crippen LogP contribution in [0.25, 0.3) is 0 Å². The van der Waals surface area contributed by atoms with Gasteiger partial charge in [0.05, 0.1) is 34.9 Å². The molecule has 2 rings (SSSR count). The summed E-state index contributed by atoms with van der Waals surface area (Å²) in [6, 6.07) is 5.29. The Hall–Kier alpha value is -0.760. The Bertz CT molecular complexity index is 645. The summed E-state index contributed by atoms with van der Waals surface area (Å²) in [6.07, 6.45) is 0. The van der Waals surface area contributed by atoms with E-state index < -0.39 is 0 Å². The smallest absolute Gasteiger partial charge is 0.164 e. The quantitative estimate of drug-likeness (QED) is 0.756. The summed E-state index contributed by atoms with van der Waals surface area (Å²) in [5.74, 6) is 1.89. The summed E-state index contributed by atoms with van der Waals surface area (Å²) in [5, 5.41) is 0. The van der Waals surface area contributed by atoms with Crippen molar-refractivity contribution in [2.75, 3.05) is 21.3 Å². The molecule has 0 saturated carbocycles. The van der Waals surface area contributed by atoms with E-state index in [-0.39, 0.29) is 6.04 Å². The van der Waals surface area contributed by atoms with Crippen molar-refractivity contribution in [3.05, 3.63) is 36.9 Å². The van der Waals surface area contributed by atoms with Crippen LogP contribution < -0.4 is 19.9 Å². The topological polar surface area (TPSA) is 53.7 Å². The highest BCUT2D eigenvalue weighted by molar-refractivity contribution is 9.12. The molecule has 0 aliphatic carbocycles. The van der Waals surface area contributed by atoms with Gasteiger partial charge in [0.25, 0.3) is 0 Å². The minimum Gasteiger partial charge on any atom is -0.496 e. The first-order valence-corrected chi connectivity index (χ1v) is 8.42. The number of hydrogen-bond donors (Lipinski definition) is 1. The zero-order chi connectivity index (χ0) is 15.6. The highest BCUT2D eigenvalue weighted by atomic mass is 79.9. The standard InChI is InChI=1S/C14H15Br2NO3S/c1-18-9-6-11(20-3)10(19-2)4-7(9)13(17)8-5-12(15)21-14(8)16/h4-6,13H,17H2,1-3H3. The molecule has 1 aromatic heterocycles. The molecule has 2 aromatic rings. The molecule has 7 heteroatoms. The summed E-state index contributed by atoms with van der Waals surface area (Å²) in [5.41, 5.74) is 8.22. The van der Waals surface area contributed by atoms with Crippen molar-refractivity contribution in [2.45, 2.75) is 6.04 Å². The summed E-state index contributed by atoms with van der Waals surface area (Å²) in [6.45, 7) is 0. The predicted molar refractivity (Wildman–Crippen MR) is 91.8 cm³/mol. The fourth-order valence-electron chi connectivity index (χ4n) is 2.03. The predicted octanol–water partition coefficient (Wildman–Crippen LogP) is 4.35. The highest BCUT2D eigenvalue weighted by Crippen LogP contribution is 2.42. The first-order chi connectivity index (χ1) is 10.0. The van der Waals surface area contributed by atoms with Crippen LogP contribution in [0, 0.1) is 0 Å². The van der Waals surface area contributed by atoms with E-state index in [0.717, 1.165) is 18.7 Å². The summed E-state index contributed by atoms with van der Waals surface area (Å²) in [7, 11) is 4.79. The van der Waals surface area contributed by atoms with Gasteiger partial charge in [-0.15, -0.1) is 11.3 Å². The lowest BCUT2D eigenvalue weighted by Crippen LogP contribution is -2.13. The van der Waals surface area contributed by atoms with Gasteiger partial charge in [0.15, 0.2) is 11.5 Å². The monoisotopic (exact) mass is 435 g/mol. The number of rotatable bonds is 5. The zero-order valence-corrected chi connectivity index (χ0v) is 15.8. The number of ether oxygens (including phenoxy) is 3. The lowest BCUT2D eigenvalue weighted by Gasteiger charge is -2.18. The van der Waals surface area contributed by atoms with Crippen molar-refractivity contribution >= 4 is 43.2 Å². The van der Waals surface area contributed by atoms with Crippen molar-refractivity contribution < 1.29 is 14.2 Å². The van der Waals surface area contributed by atoms with Crippen LogP contribution in [0.5, 0.6) is 17.2 Å². The Morgan fingerprint density at radius 1 is 0.905 bits per heavy atom. The van der Waals surface area contributed by atoms with Crippen molar-refractivity contribution in [3.8, 4) is 17.2 Å². The van der Waals surface area contributed by atoms with Crippen molar-refractivity contribution in [1.82, 2.24) is 0 Å². The molecule has 1 unspecified atom stereocenters. The fourth-order valence-corrected chi connectivity index (χ4v) is 4.96. The summed E-state index contributed by atoms with van der Waals surface area (Å²) < 4.78 is 18.1. The molecule has 0 radical (unpaired) electrons. The molecular formula is C14H15Br2NO3S. The maximum absolute atomic E-state index is 6.40. The molecule has 114 valence electrons. The molecule has 0 fully saturated rings. The molecule has 0 aliphatic heterocycles. The first kappa shape index (κ1) is 16.6. The number of methoxy groups -OCH3 is 3. The van der Waals surface area contributed by atoms with E-state index >= 15 is 0 Å². The first-order valence-electron chi connectivity index (χ1n) is 6.02. The normalized spacial score (nSPS) is 12.1. The summed E-state index contributed by atoms with van der Waals surface area (Å²) in [4.78, 5) is 0. The van der Waals surface area contributed by atoms with E-state index in [1.54, 1.807) is 38.7 Å². The SMILES string of the molecule is COc1cc(OC)c(C(N)c2cc(Br)sc2Br)cc1OC. The van der Waals surface area contributed by atoms with Gasteiger partial charge < -0.3 is 19.9 Å². The van der Waals surface area contributed by atoms with Gasteiger partial charge in [-0.1, -0.05) is 0 Å².